The zero-order valence-corrected chi connectivity index (χ0v) is 17.2. The van der Waals surface area contributed by atoms with Gasteiger partial charge in [-0.25, -0.2) is 9.97 Å². The molecule has 3 rings (SSSR count). The zero-order valence-electron chi connectivity index (χ0n) is 16.4. The summed E-state index contributed by atoms with van der Waals surface area (Å²) in [4.78, 5) is 11.5. The number of rotatable bonds is 9. The Morgan fingerprint density at radius 1 is 1.26 bits per heavy atom. The van der Waals surface area contributed by atoms with Gasteiger partial charge in [0.1, 0.15) is 11.4 Å². The molecule has 0 fully saturated rings. The minimum atomic E-state index is 0.841. The van der Waals surface area contributed by atoms with Gasteiger partial charge in [0.05, 0.1) is 18.5 Å². The first-order valence-electron chi connectivity index (χ1n) is 9.16. The van der Waals surface area contributed by atoms with Gasteiger partial charge >= 0.3 is 0 Å². The number of ether oxygens (including phenoxy) is 1. The Kier molecular flexibility index (Phi) is 6.58. The Balaban J connectivity index is 1.90. The first kappa shape index (κ1) is 19.5. The van der Waals surface area contributed by atoms with E-state index in [0.717, 1.165) is 58.8 Å². The number of nitrogens with zero attached hydrogens (tertiary/aromatic N) is 4. The maximum atomic E-state index is 5.52. The molecule has 0 unspecified atom stereocenters. The average molecular weight is 386 g/mol. The number of imidazole rings is 1. The van der Waals surface area contributed by atoms with Crippen LogP contribution in [0.2, 0.25) is 0 Å². The second kappa shape index (κ2) is 9.10. The van der Waals surface area contributed by atoms with Crippen LogP contribution in [0, 0.1) is 0 Å². The molecule has 2 heterocycles. The maximum Gasteiger partial charge on any atom is 0.174 e. The quantitative estimate of drug-likeness (QED) is 0.343. The number of nitrogens with one attached hydrogen (secondary N) is 1. The highest BCUT2D eigenvalue weighted by molar-refractivity contribution is 7.99. The molecule has 144 valence electrons. The van der Waals surface area contributed by atoms with Crippen molar-refractivity contribution in [2.45, 2.75) is 18.5 Å². The first-order chi connectivity index (χ1) is 13.1. The van der Waals surface area contributed by atoms with Crippen LogP contribution in [-0.4, -0.2) is 59.3 Å². The van der Waals surface area contributed by atoms with Crippen molar-refractivity contribution in [3.05, 3.63) is 36.7 Å². The van der Waals surface area contributed by atoms with Crippen LogP contribution in [0.25, 0.3) is 16.9 Å². The van der Waals surface area contributed by atoms with Crippen molar-refractivity contribution in [1.82, 2.24) is 19.3 Å². The van der Waals surface area contributed by atoms with E-state index in [1.807, 2.05) is 35.0 Å². The van der Waals surface area contributed by atoms with Gasteiger partial charge in [-0.1, -0.05) is 18.7 Å². The standard InChI is InChI=1S/C20H27N5OS/c1-5-27-20-23-16(14-19-22-10-12-25(19)20)15-7-8-18(26-4)17(13-15)21-9-6-11-24(2)3/h7-8,10,12-14,21H,5-6,9,11H2,1-4H3. The van der Waals surface area contributed by atoms with Gasteiger partial charge in [0.2, 0.25) is 0 Å². The van der Waals surface area contributed by atoms with E-state index in [1.54, 1.807) is 18.9 Å². The van der Waals surface area contributed by atoms with Crippen LogP contribution in [0.5, 0.6) is 5.75 Å². The number of hydrogen-bond donors (Lipinski definition) is 1. The summed E-state index contributed by atoms with van der Waals surface area (Å²) in [7, 11) is 5.87. The smallest absolute Gasteiger partial charge is 0.174 e. The Labute approximate surface area is 165 Å². The fourth-order valence-corrected chi connectivity index (χ4v) is 3.61. The Morgan fingerprint density at radius 2 is 2.11 bits per heavy atom. The zero-order chi connectivity index (χ0) is 19.2. The van der Waals surface area contributed by atoms with Crippen LogP contribution in [0.4, 0.5) is 5.69 Å². The normalized spacial score (nSPS) is 11.3. The first-order valence-corrected chi connectivity index (χ1v) is 10.1. The molecule has 0 aliphatic carbocycles. The van der Waals surface area contributed by atoms with Crippen molar-refractivity contribution in [2.24, 2.45) is 0 Å². The summed E-state index contributed by atoms with van der Waals surface area (Å²) in [5.41, 5.74) is 3.87. The number of benzene rings is 1. The Bertz CT molecular complexity index is 893. The molecule has 0 bridgehead atoms. The molecule has 0 aliphatic rings. The van der Waals surface area contributed by atoms with E-state index < -0.39 is 0 Å². The third-order valence-corrected chi connectivity index (χ3v) is 5.06. The molecular formula is C20H27N5OS. The maximum absolute atomic E-state index is 5.52. The lowest BCUT2D eigenvalue weighted by molar-refractivity contribution is 0.404. The van der Waals surface area contributed by atoms with Gasteiger partial charge in [-0.15, -0.1) is 0 Å². The predicted molar refractivity (Wildman–Crippen MR) is 113 cm³/mol. The van der Waals surface area contributed by atoms with Gasteiger partial charge in [-0.3, -0.25) is 4.40 Å². The van der Waals surface area contributed by atoms with Gasteiger partial charge < -0.3 is 15.0 Å². The molecule has 1 N–H and O–H groups in total. The minimum Gasteiger partial charge on any atom is -0.495 e. The third-order valence-electron chi connectivity index (χ3n) is 4.22. The minimum absolute atomic E-state index is 0.841. The number of methoxy groups -OCH3 is 1. The molecule has 0 aliphatic heterocycles. The fourth-order valence-electron chi connectivity index (χ4n) is 2.90. The Morgan fingerprint density at radius 3 is 2.85 bits per heavy atom. The van der Waals surface area contributed by atoms with Crippen molar-refractivity contribution in [1.29, 1.82) is 0 Å². The molecule has 0 amide bonds. The lowest BCUT2D eigenvalue weighted by Gasteiger charge is -2.15. The summed E-state index contributed by atoms with van der Waals surface area (Å²) >= 11 is 1.72. The highest BCUT2D eigenvalue weighted by atomic mass is 32.2. The molecule has 0 radical (unpaired) electrons. The molecule has 7 heteroatoms. The molecule has 27 heavy (non-hydrogen) atoms. The SMILES string of the molecule is CCSc1nc(-c2ccc(OC)c(NCCCN(C)C)c2)cc2nccn12. The van der Waals surface area contributed by atoms with Gasteiger partial charge in [-0.2, -0.15) is 0 Å². The number of aromatic nitrogens is 3. The molecule has 6 nitrogen and oxygen atoms in total. The molecule has 1 aromatic carbocycles. The second-order valence-corrected chi connectivity index (χ2v) is 7.74. The highest BCUT2D eigenvalue weighted by Crippen LogP contribution is 2.31. The summed E-state index contributed by atoms with van der Waals surface area (Å²) in [6.07, 6.45) is 4.83. The van der Waals surface area contributed by atoms with Crippen LogP contribution in [0.3, 0.4) is 0 Å². The third kappa shape index (κ3) is 4.73. The van der Waals surface area contributed by atoms with Crippen molar-refractivity contribution in [3.63, 3.8) is 0 Å². The summed E-state index contributed by atoms with van der Waals surface area (Å²) < 4.78 is 7.55. The largest absolute Gasteiger partial charge is 0.495 e. The molecule has 2 aromatic heterocycles. The molecule has 0 saturated heterocycles. The topological polar surface area (TPSA) is 54.7 Å². The van der Waals surface area contributed by atoms with Crippen molar-refractivity contribution >= 4 is 23.1 Å². The van der Waals surface area contributed by atoms with E-state index in [9.17, 15) is 0 Å². The number of fused-ring (bicyclic) bond motifs is 1. The summed E-state index contributed by atoms with van der Waals surface area (Å²) in [5.74, 6) is 1.80. The van der Waals surface area contributed by atoms with E-state index >= 15 is 0 Å². The van der Waals surface area contributed by atoms with E-state index in [2.05, 4.69) is 42.3 Å². The van der Waals surface area contributed by atoms with Crippen molar-refractivity contribution in [2.75, 3.05) is 45.4 Å². The van der Waals surface area contributed by atoms with Gasteiger partial charge in [0.15, 0.2) is 5.16 Å². The van der Waals surface area contributed by atoms with Crippen LogP contribution in [0.15, 0.2) is 41.8 Å². The van der Waals surface area contributed by atoms with Gasteiger partial charge in [-0.05, 0) is 51.0 Å². The summed E-state index contributed by atoms with van der Waals surface area (Å²) in [5, 5.41) is 4.45. The highest BCUT2D eigenvalue weighted by Gasteiger charge is 2.11. The van der Waals surface area contributed by atoms with Crippen LogP contribution < -0.4 is 10.1 Å². The second-order valence-electron chi connectivity index (χ2n) is 6.51. The number of hydrogen-bond acceptors (Lipinski definition) is 6. The van der Waals surface area contributed by atoms with Crippen molar-refractivity contribution < 1.29 is 4.74 Å². The molecule has 0 spiro atoms. The van der Waals surface area contributed by atoms with Gasteiger partial charge in [0.25, 0.3) is 0 Å². The van der Waals surface area contributed by atoms with Crippen molar-refractivity contribution in [3.8, 4) is 17.0 Å². The van der Waals surface area contributed by atoms with Crippen LogP contribution >= 0.6 is 11.8 Å². The summed E-state index contributed by atoms with van der Waals surface area (Å²) in [6.45, 7) is 4.07. The van der Waals surface area contributed by atoms with E-state index in [-0.39, 0.29) is 0 Å². The fraction of sp³-hybridized carbons (Fsp3) is 0.400. The summed E-state index contributed by atoms with van der Waals surface area (Å²) in [6, 6.07) is 8.17. The molecule has 0 saturated carbocycles. The lowest BCUT2D eigenvalue weighted by Crippen LogP contribution is -2.16. The molecular weight excluding hydrogens is 358 g/mol. The lowest BCUT2D eigenvalue weighted by atomic mass is 10.1. The van der Waals surface area contributed by atoms with Gasteiger partial charge in [0, 0.05) is 30.6 Å². The Hall–Kier alpha value is -2.25. The van der Waals surface area contributed by atoms with Crippen LogP contribution in [0.1, 0.15) is 13.3 Å². The average Bonchev–Trinajstić information content (AvgIpc) is 3.14. The van der Waals surface area contributed by atoms with Crippen LogP contribution in [-0.2, 0) is 0 Å². The molecule has 3 aromatic rings. The molecule has 0 atom stereocenters. The number of anilines is 1. The van der Waals surface area contributed by atoms with E-state index in [0.29, 0.717) is 0 Å². The van der Waals surface area contributed by atoms with E-state index in [4.69, 9.17) is 9.72 Å². The predicted octanol–water partition coefficient (Wildman–Crippen LogP) is 3.88. The number of thioether (sulfide) groups is 1. The van der Waals surface area contributed by atoms with E-state index in [1.165, 1.54) is 0 Å². The monoisotopic (exact) mass is 385 g/mol.